The van der Waals surface area contributed by atoms with E-state index in [1.807, 2.05) is 0 Å². The molecule has 0 saturated heterocycles. The molecular weight excluding hydrogens is 227 g/mol. The van der Waals surface area contributed by atoms with Crippen LogP contribution < -0.4 is 16.2 Å². The number of carbonyl (C=O) groups is 1. The summed E-state index contributed by atoms with van der Waals surface area (Å²) in [5.41, 5.74) is 10.7. The lowest BCUT2D eigenvalue weighted by Gasteiger charge is -2.11. The number of ether oxygens (including phenoxy) is 1. The number of hydrogen-bond acceptors (Lipinski definition) is 5. The highest BCUT2D eigenvalue weighted by Gasteiger charge is 2.32. The van der Waals surface area contributed by atoms with Crippen LogP contribution in [0.2, 0.25) is 0 Å². The van der Waals surface area contributed by atoms with Crippen molar-refractivity contribution in [2.75, 3.05) is 5.73 Å². The number of carbonyl (C=O) groups excluding carboxylic acids is 1. The third kappa shape index (κ3) is 2.83. The van der Waals surface area contributed by atoms with Crippen molar-refractivity contribution in [3.63, 3.8) is 0 Å². The maximum atomic E-state index is 11.9. The van der Waals surface area contributed by atoms with Gasteiger partial charge in [-0.25, -0.2) is 0 Å². The van der Waals surface area contributed by atoms with E-state index < -0.39 is 12.2 Å². The molecule has 0 aromatic carbocycles. The van der Waals surface area contributed by atoms with E-state index in [0.29, 0.717) is 6.29 Å². The summed E-state index contributed by atoms with van der Waals surface area (Å²) < 4.78 is 39.2. The van der Waals surface area contributed by atoms with Crippen LogP contribution in [0.1, 0.15) is 15.9 Å². The Bertz CT molecular complexity index is 406. The molecule has 1 rings (SSSR count). The summed E-state index contributed by atoms with van der Waals surface area (Å²) in [6, 6.07) is 0.832. The molecule has 16 heavy (non-hydrogen) atoms. The van der Waals surface area contributed by atoms with E-state index in [9.17, 15) is 18.0 Å². The first-order valence-corrected chi connectivity index (χ1v) is 4.07. The Morgan fingerprint density at radius 3 is 2.56 bits per heavy atom. The summed E-state index contributed by atoms with van der Waals surface area (Å²) in [5.74, 6) is -1.05. The molecule has 0 unspecified atom stereocenters. The van der Waals surface area contributed by atoms with E-state index in [4.69, 9.17) is 11.5 Å². The van der Waals surface area contributed by atoms with Crippen molar-refractivity contribution >= 4 is 12.1 Å². The number of halogens is 3. The van der Waals surface area contributed by atoms with Crippen molar-refractivity contribution in [3.05, 3.63) is 17.2 Å². The SMILES string of the molecule is NCc1c(C=O)cc(OC(F)(F)F)nc1N. The van der Waals surface area contributed by atoms with Crippen LogP contribution in [0.15, 0.2) is 6.07 Å². The van der Waals surface area contributed by atoms with Gasteiger partial charge in [0, 0.05) is 23.7 Å². The molecule has 5 nitrogen and oxygen atoms in total. The zero-order valence-electron chi connectivity index (χ0n) is 7.91. The fourth-order valence-corrected chi connectivity index (χ4v) is 1.08. The van der Waals surface area contributed by atoms with Crippen LogP contribution >= 0.6 is 0 Å². The zero-order chi connectivity index (χ0) is 12.3. The molecule has 0 bridgehead atoms. The van der Waals surface area contributed by atoms with E-state index in [1.54, 1.807) is 0 Å². The summed E-state index contributed by atoms with van der Waals surface area (Å²) in [5, 5.41) is 0. The lowest BCUT2D eigenvalue weighted by Crippen LogP contribution is -2.19. The van der Waals surface area contributed by atoms with Crippen LogP contribution in [0.25, 0.3) is 0 Å². The molecule has 1 heterocycles. The Kier molecular flexibility index (Phi) is 3.33. The van der Waals surface area contributed by atoms with Crippen LogP contribution in [0.3, 0.4) is 0 Å². The Balaban J connectivity index is 3.15. The molecule has 0 atom stereocenters. The molecule has 0 aliphatic heterocycles. The van der Waals surface area contributed by atoms with E-state index in [1.165, 1.54) is 0 Å². The van der Waals surface area contributed by atoms with Gasteiger partial charge >= 0.3 is 6.36 Å². The maximum Gasteiger partial charge on any atom is 0.574 e. The highest BCUT2D eigenvalue weighted by atomic mass is 19.4. The molecule has 4 N–H and O–H groups in total. The molecule has 8 heteroatoms. The topological polar surface area (TPSA) is 91.2 Å². The molecule has 0 aliphatic carbocycles. The number of hydrogen-bond donors (Lipinski definition) is 2. The molecule has 0 spiro atoms. The van der Waals surface area contributed by atoms with Gasteiger partial charge in [0.2, 0.25) is 5.88 Å². The van der Waals surface area contributed by atoms with Crippen LogP contribution in [-0.2, 0) is 6.54 Å². The monoisotopic (exact) mass is 235 g/mol. The lowest BCUT2D eigenvalue weighted by atomic mass is 10.1. The first-order chi connectivity index (χ1) is 7.37. The van der Waals surface area contributed by atoms with E-state index in [0.717, 1.165) is 6.07 Å². The van der Waals surface area contributed by atoms with Gasteiger partial charge in [0.05, 0.1) is 0 Å². The summed E-state index contributed by atoms with van der Waals surface area (Å²) in [6.07, 6.45) is -4.55. The fraction of sp³-hybridized carbons (Fsp3) is 0.250. The van der Waals surface area contributed by atoms with Gasteiger partial charge in [-0.15, -0.1) is 13.2 Å². The number of pyridine rings is 1. The minimum atomic E-state index is -4.89. The number of nitrogens with two attached hydrogens (primary N) is 2. The third-order valence-electron chi connectivity index (χ3n) is 1.72. The average molecular weight is 235 g/mol. The highest BCUT2D eigenvalue weighted by molar-refractivity contribution is 5.80. The van der Waals surface area contributed by atoms with Crippen molar-refractivity contribution in [3.8, 4) is 5.88 Å². The normalized spacial score (nSPS) is 11.2. The Hall–Kier alpha value is -1.83. The van der Waals surface area contributed by atoms with Gasteiger partial charge in [-0.05, 0) is 0 Å². The standard InChI is InChI=1S/C8H8F3N3O2/c9-8(10,11)16-6-1-4(3-15)5(2-12)7(13)14-6/h1,3H,2,12H2,(H2,13,14). The van der Waals surface area contributed by atoms with E-state index in [2.05, 4.69) is 9.72 Å². The van der Waals surface area contributed by atoms with Crippen molar-refractivity contribution in [2.45, 2.75) is 12.9 Å². The van der Waals surface area contributed by atoms with Crippen LogP contribution in [0.5, 0.6) is 5.88 Å². The number of rotatable bonds is 3. The number of nitrogen functional groups attached to an aromatic ring is 1. The summed E-state index contributed by atoms with van der Waals surface area (Å²) >= 11 is 0. The van der Waals surface area contributed by atoms with Gasteiger partial charge in [-0.3, -0.25) is 4.79 Å². The Morgan fingerprint density at radius 1 is 1.50 bits per heavy atom. The van der Waals surface area contributed by atoms with Gasteiger partial charge in [-0.1, -0.05) is 0 Å². The third-order valence-corrected chi connectivity index (χ3v) is 1.72. The highest BCUT2D eigenvalue weighted by Crippen LogP contribution is 2.24. The molecule has 1 aromatic heterocycles. The smallest absolute Gasteiger partial charge is 0.388 e. The molecule has 1 aromatic rings. The average Bonchev–Trinajstić information content (AvgIpc) is 2.14. The predicted molar refractivity (Wildman–Crippen MR) is 48.6 cm³/mol. The van der Waals surface area contributed by atoms with Gasteiger partial charge < -0.3 is 16.2 Å². The maximum absolute atomic E-state index is 11.9. The summed E-state index contributed by atoms with van der Waals surface area (Å²) in [7, 11) is 0. The van der Waals surface area contributed by atoms with Crippen molar-refractivity contribution in [1.29, 1.82) is 0 Å². The minimum absolute atomic E-state index is 0.0748. The van der Waals surface area contributed by atoms with Crippen molar-refractivity contribution < 1.29 is 22.7 Å². The first kappa shape index (κ1) is 12.2. The predicted octanol–water partition coefficient (Wildman–Crippen LogP) is 0.834. The van der Waals surface area contributed by atoms with Crippen LogP contribution in [0.4, 0.5) is 19.0 Å². The minimum Gasteiger partial charge on any atom is -0.388 e. The van der Waals surface area contributed by atoms with Gasteiger partial charge in [-0.2, -0.15) is 4.98 Å². The van der Waals surface area contributed by atoms with E-state index in [-0.39, 0.29) is 23.5 Å². The number of aromatic nitrogens is 1. The summed E-state index contributed by atoms with van der Waals surface area (Å²) in [4.78, 5) is 13.9. The van der Waals surface area contributed by atoms with Gasteiger partial charge in [0.25, 0.3) is 0 Å². The lowest BCUT2D eigenvalue weighted by molar-refractivity contribution is -0.276. The largest absolute Gasteiger partial charge is 0.574 e. The molecular formula is C8H8F3N3O2. The van der Waals surface area contributed by atoms with Crippen LogP contribution in [-0.4, -0.2) is 17.6 Å². The van der Waals surface area contributed by atoms with Crippen molar-refractivity contribution in [2.24, 2.45) is 5.73 Å². The molecule has 0 amide bonds. The number of alkyl halides is 3. The quantitative estimate of drug-likeness (QED) is 0.757. The Labute approximate surface area is 88.2 Å². The molecule has 0 radical (unpaired) electrons. The fourth-order valence-electron chi connectivity index (χ4n) is 1.08. The first-order valence-electron chi connectivity index (χ1n) is 4.07. The Morgan fingerprint density at radius 2 is 2.12 bits per heavy atom. The second-order valence-corrected chi connectivity index (χ2v) is 2.78. The van der Waals surface area contributed by atoms with Gasteiger partial charge in [0.1, 0.15) is 5.82 Å². The number of aldehydes is 1. The van der Waals surface area contributed by atoms with Crippen LogP contribution in [0, 0.1) is 0 Å². The molecule has 0 fully saturated rings. The second-order valence-electron chi connectivity index (χ2n) is 2.78. The molecule has 0 saturated carbocycles. The molecule has 88 valence electrons. The van der Waals surface area contributed by atoms with Gasteiger partial charge in [0.15, 0.2) is 6.29 Å². The van der Waals surface area contributed by atoms with Crippen molar-refractivity contribution in [1.82, 2.24) is 4.98 Å². The second kappa shape index (κ2) is 4.35. The number of nitrogens with zero attached hydrogens (tertiary/aromatic N) is 1. The number of anilines is 1. The van der Waals surface area contributed by atoms with E-state index >= 15 is 0 Å². The summed E-state index contributed by atoms with van der Waals surface area (Å²) in [6.45, 7) is -0.0980. The molecule has 0 aliphatic rings. The zero-order valence-corrected chi connectivity index (χ0v) is 7.91.